The van der Waals surface area contributed by atoms with Crippen LogP contribution in [0, 0.1) is 11.8 Å². The van der Waals surface area contributed by atoms with Crippen molar-refractivity contribution in [2.24, 2.45) is 11.8 Å². The van der Waals surface area contributed by atoms with Crippen LogP contribution in [0.3, 0.4) is 0 Å². The Hall–Kier alpha value is -2.10. The van der Waals surface area contributed by atoms with Gasteiger partial charge in [0.15, 0.2) is 5.92 Å². The maximum Gasteiger partial charge on any atom is 0.320 e. The number of allylic oxidation sites excluding steroid dienone is 1. The highest BCUT2D eigenvalue weighted by Crippen LogP contribution is 2.24. The Morgan fingerprint density at radius 1 is 1.09 bits per heavy atom. The van der Waals surface area contributed by atoms with Crippen LogP contribution >= 0.6 is 0 Å². The summed E-state index contributed by atoms with van der Waals surface area (Å²) in [5, 5.41) is 0. The Balaban J connectivity index is 2.99. The lowest BCUT2D eigenvalue weighted by Crippen LogP contribution is -2.32. The van der Waals surface area contributed by atoms with E-state index in [-0.39, 0.29) is 5.92 Å². The average Bonchev–Trinajstić information content (AvgIpc) is 2.57. The van der Waals surface area contributed by atoms with E-state index in [0.717, 1.165) is 24.8 Å². The monoisotopic (exact) mass is 304 g/mol. The molecule has 4 nitrogen and oxygen atoms in total. The fourth-order valence-electron chi connectivity index (χ4n) is 2.31. The second-order valence-electron chi connectivity index (χ2n) is 5.10. The molecule has 0 aliphatic heterocycles. The molecule has 0 bridgehead atoms. The molecule has 0 amide bonds. The van der Waals surface area contributed by atoms with E-state index in [1.807, 2.05) is 42.5 Å². The zero-order valence-corrected chi connectivity index (χ0v) is 13.5. The first-order valence-corrected chi connectivity index (χ1v) is 7.53. The predicted molar refractivity (Wildman–Crippen MR) is 86.0 cm³/mol. The molecule has 0 spiro atoms. The van der Waals surface area contributed by atoms with Crippen molar-refractivity contribution >= 4 is 18.0 Å². The van der Waals surface area contributed by atoms with Crippen LogP contribution in [-0.4, -0.2) is 26.2 Å². The highest BCUT2D eigenvalue weighted by atomic mass is 16.5. The molecular weight excluding hydrogens is 280 g/mol. The molecule has 4 heteroatoms. The number of carbonyl (C=O) groups excluding carboxylic acids is 2. The van der Waals surface area contributed by atoms with Crippen LogP contribution in [0.25, 0.3) is 6.08 Å². The van der Waals surface area contributed by atoms with Crippen LogP contribution in [0.15, 0.2) is 36.4 Å². The van der Waals surface area contributed by atoms with Gasteiger partial charge in [-0.25, -0.2) is 0 Å². The average molecular weight is 304 g/mol. The van der Waals surface area contributed by atoms with Gasteiger partial charge in [-0.3, -0.25) is 9.59 Å². The minimum Gasteiger partial charge on any atom is -0.468 e. The molecular formula is C18H24O4. The van der Waals surface area contributed by atoms with Gasteiger partial charge in [0.1, 0.15) is 0 Å². The molecule has 1 atom stereocenters. The lowest BCUT2D eigenvalue weighted by atomic mass is 9.87. The molecule has 0 aromatic heterocycles. The van der Waals surface area contributed by atoms with Gasteiger partial charge in [0, 0.05) is 5.92 Å². The number of benzene rings is 1. The van der Waals surface area contributed by atoms with Crippen molar-refractivity contribution in [1.29, 1.82) is 0 Å². The molecule has 1 aromatic rings. The number of methoxy groups -OCH3 is 2. The van der Waals surface area contributed by atoms with E-state index in [0.29, 0.717) is 0 Å². The molecule has 1 rings (SSSR count). The Labute approximate surface area is 132 Å². The number of esters is 2. The highest BCUT2D eigenvalue weighted by Gasteiger charge is 2.35. The summed E-state index contributed by atoms with van der Waals surface area (Å²) < 4.78 is 9.55. The summed E-state index contributed by atoms with van der Waals surface area (Å²) in [7, 11) is 2.58. The number of rotatable bonds is 8. The van der Waals surface area contributed by atoms with Crippen LogP contribution in [-0.2, 0) is 19.1 Å². The van der Waals surface area contributed by atoms with Crippen LogP contribution in [0.1, 0.15) is 31.7 Å². The molecule has 0 fully saturated rings. The van der Waals surface area contributed by atoms with E-state index in [9.17, 15) is 9.59 Å². The highest BCUT2D eigenvalue weighted by molar-refractivity contribution is 5.95. The molecule has 0 heterocycles. The third kappa shape index (κ3) is 5.35. The Bertz CT molecular complexity index is 477. The van der Waals surface area contributed by atoms with E-state index in [1.54, 1.807) is 0 Å². The van der Waals surface area contributed by atoms with Crippen LogP contribution in [0.2, 0.25) is 0 Å². The molecule has 0 saturated carbocycles. The Morgan fingerprint density at radius 3 is 2.18 bits per heavy atom. The maximum absolute atomic E-state index is 12.0. The maximum atomic E-state index is 12.0. The van der Waals surface area contributed by atoms with Gasteiger partial charge in [-0.05, 0) is 12.0 Å². The van der Waals surface area contributed by atoms with Gasteiger partial charge in [0.2, 0.25) is 0 Å². The predicted octanol–water partition coefficient (Wildman–Crippen LogP) is 3.47. The fourth-order valence-corrected chi connectivity index (χ4v) is 2.31. The van der Waals surface area contributed by atoms with E-state index < -0.39 is 17.9 Å². The summed E-state index contributed by atoms with van der Waals surface area (Å²) in [6.07, 6.45) is 6.48. The Morgan fingerprint density at radius 2 is 1.68 bits per heavy atom. The van der Waals surface area contributed by atoms with Gasteiger partial charge >= 0.3 is 11.9 Å². The van der Waals surface area contributed by atoms with Gasteiger partial charge in [-0.15, -0.1) is 0 Å². The number of unbranched alkanes of at least 4 members (excludes halogenated alkanes) is 1. The standard InChI is InChI=1S/C18H24O4/c1-4-5-11-15(13-12-14-9-7-6-8-10-14)16(17(19)21-2)18(20)22-3/h6-10,12-13,15-16H,4-5,11H2,1-3H3/b13-12+. The summed E-state index contributed by atoms with van der Waals surface area (Å²) >= 11 is 0. The summed E-state index contributed by atoms with van der Waals surface area (Å²) in [6.45, 7) is 2.07. The van der Waals surface area contributed by atoms with Crippen molar-refractivity contribution in [3.63, 3.8) is 0 Å². The fraction of sp³-hybridized carbons (Fsp3) is 0.444. The largest absolute Gasteiger partial charge is 0.468 e. The van der Waals surface area contributed by atoms with Crippen molar-refractivity contribution in [3.05, 3.63) is 42.0 Å². The molecule has 0 aliphatic rings. The van der Waals surface area contributed by atoms with E-state index >= 15 is 0 Å². The van der Waals surface area contributed by atoms with Gasteiger partial charge in [-0.1, -0.05) is 62.2 Å². The molecule has 0 aliphatic carbocycles. The van der Waals surface area contributed by atoms with Crippen molar-refractivity contribution in [3.8, 4) is 0 Å². The number of hydrogen-bond donors (Lipinski definition) is 0. The van der Waals surface area contributed by atoms with Crippen molar-refractivity contribution in [2.75, 3.05) is 14.2 Å². The topological polar surface area (TPSA) is 52.6 Å². The van der Waals surface area contributed by atoms with Gasteiger partial charge in [0.25, 0.3) is 0 Å². The zero-order valence-electron chi connectivity index (χ0n) is 13.5. The molecule has 1 aromatic carbocycles. The number of ether oxygens (including phenoxy) is 2. The third-order valence-corrected chi connectivity index (χ3v) is 3.56. The van der Waals surface area contributed by atoms with E-state index in [1.165, 1.54) is 14.2 Å². The van der Waals surface area contributed by atoms with Crippen molar-refractivity contribution in [2.45, 2.75) is 26.2 Å². The SMILES string of the molecule is CCCCC(/C=C/c1ccccc1)C(C(=O)OC)C(=O)OC. The van der Waals surface area contributed by atoms with Crippen LogP contribution in [0.4, 0.5) is 0 Å². The first-order valence-electron chi connectivity index (χ1n) is 7.53. The Kier molecular flexibility index (Phi) is 7.97. The third-order valence-electron chi connectivity index (χ3n) is 3.56. The summed E-state index contributed by atoms with van der Waals surface area (Å²) in [5.74, 6) is -2.25. The van der Waals surface area contributed by atoms with Crippen molar-refractivity contribution < 1.29 is 19.1 Å². The minimum atomic E-state index is -0.915. The lowest BCUT2D eigenvalue weighted by molar-refractivity contribution is -0.160. The second-order valence-corrected chi connectivity index (χ2v) is 5.10. The molecule has 120 valence electrons. The quantitative estimate of drug-likeness (QED) is 0.545. The summed E-state index contributed by atoms with van der Waals surface area (Å²) in [5.41, 5.74) is 1.03. The first kappa shape index (κ1) is 18.0. The van der Waals surface area contributed by atoms with E-state index in [4.69, 9.17) is 9.47 Å². The normalized spacial score (nSPS) is 12.4. The second kappa shape index (κ2) is 9.77. The zero-order chi connectivity index (χ0) is 16.4. The minimum absolute atomic E-state index is 0.236. The first-order chi connectivity index (χ1) is 10.6. The molecule has 0 radical (unpaired) electrons. The van der Waals surface area contributed by atoms with Crippen LogP contribution in [0.5, 0.6) is 0 Å². The summed E-state index contributed by atoms with van der Waals surface area (Å²) in [4.78, 5) is 23.9. The summed E-state index contributed by atoms with van der Waals surface area (Å²) in [6, 6.07) is 9.77. The van der Waals surface area contributed by atoms with Crippen LogP contribution < -0.4 is 0 Å². The number of hydrogen-bond acceptors (Lipinski definition) is 4. The van der Waals surface area contributed by atoms with Gasteiger partial charge in [-0.2, -0.15) is 0 Å². The molecule has 22 heavy (non-hydrogen) atoms. The molecule has 0 N–H and O–H groups in total. The lowest BCUT2D eigenvalue weighted by Gasteiger charge is -2.20. The van der Waals surface area contributed by atoms with E-state index in [2.05, 4.69) is 6.92 Å². The van der Waals surface area contributed by atoms with Gasteiger partial charge in [0.05, 0.1) is 14.2 Å². The molecule has 0 saturated heterocycles. The number of carbonyl (C=O) groups is 2. The van der Waals surface area contributed by atoms with Gasteiger partial charge < -0.3 is 9.47 Å². The smallest absolute Gasteiger partial charge is 0.320 e. The molecule has 1 unspecified atom stereocenters. The van der Waals surface area contributed by atoms with Crippen molar-refractivity contribution in [1.82, 2.24) is 0 Å².